The van der Waals surface area contributed by atoms with Crippen molar-refractivity contribution in [3.8, 4) is 0 Å². The molecule has 0 radical (unpaired) electrons. The van der Waals surface area contributed by atoms with Crippen molar-refractivity contribution in [1.29, 1.82) is 0 Å². The number of anilines is 2. The lowest BCUT2D eigenvalue weighted by Gasteiger charge is -2.32. The van der Waals surface area contributed by atoms with Crippen LogP contribution < -0.4 is 9.62 Å². The molecule has 0 spiro atoms. The minimum Gasteiger partial charge on any atom is -0.377 e. The molecule has 3 rings (SSSR count). The Morgan fingerprint density at radius 2 is 1.66 bits per heavy atom. The summed E-state index contributed by atoms with van der Waals surface area (Å²) in [4.78, 5) is 17.3. The summed E-state index contributed by atoms with van der Waals surface area (Å²) in [5.41, 5.74) is 3.42. The Labute approximate surface area is 207 Å². The molecule has 0 aliphatic carbocycles. The lowest BCUT2D eigenvalue weighted by Crippen LogP contribution is -2.33. The summed E-state index contributed by atoms with van der Waals surface area (Å²) in [5, 5.41) is 0. The average molecular weight is 498 g/mol. The molecule has 0 saturated heterocycles. The number of sulfonamides is 1. The first-order valence-corrected chi connectivity index (χ1v) is 13.2. The Morgan fingerprint density at radius 3 is 2.26 bits per heavy atom. The van der Waals surface area contributed by atoms with Gasteiger partial charge in [-0.15, -0.1) is 0 Å². The third-order valence-electron chi connectivity index (χ3n) is 5.75. The number of nitrogens with one attached hydrogen (secondary N) is 1. The van der Waals surface area contributed by atoms with Crippen LogP contribution in [0.2, 0.25) is 0 Å². The van der Waals surface area contributed by atoms with Gasteiger partial charge in [-0.2, -0.15) is 0 Å². The number of rotatable bonds is 10. The molecule has 0 aliphatic rings. The van der Waals surface area contributed by atoms with Crippen LogP contribution in [0.25, 0.3) is 0 Å². The van der Waals surface area contributed by atoms with Gasteiger partial charge in [0.25, 0.3) is 5.91 Å². The van der Waals surface area contributed by atoms with Crippen LogP contribution in [-0.4, -0.2) is 39.1 Å². The highest BCUT2D eigenvalue weighted by atomic mass is 32.2. The molecule has 0 heterocycles. The molecule has 35 heavy (non-hydrogen) atoms. The molecule has 3 aromatic rings. The fourth-order valence-corrected chi connectivity index (χ4v) is 5.07. The van der Waals surface area contributed by atoms with Gasteiger partial charge in [-0.1, -0.05) is 37.3 Å². The molecule has 186 valence electrons. The second kappa shape index (κ2) is 11.4. The first-order chi connectivity index (χ1) is 16.6. The first-order valence-electron chi connectivity index (χ1n) is 11.5. The Kier molecular flexibility index (Phi) is 8.51. The van der Waals surface area contributed by atoms with Crippen LogP contribution in [0.3, 0.4) is 0 Å². The van der Waals surface area contributed by atoms with Crippen molar-refractivity contribution in [3.05, 3.63) is 95.3 Å². The van der Waals surface area contributed by atoms with Crippen LogP contribution in [0.1, 0.15) is 47.8 Å². The maximum absolute atomic E-state index is 13.6. The summed E-state index contributed by atoms with van der Waals surface area (Å²) in [6, 6.07) is 20.2. The van der Waals surface area contributed by atoms with E-state index in [0.717, 1.165) is 16.8 Å². The predicted octanol–water partition coefficient (Wildman–Crippen LogP) is 5.45. The van der Waals surface area contributed by atoms with Crippen LogP contribution in [0.15, 0.2) is 72.8 Å². The van der Waals surface area contributed by atoms with Crippen molar-refractivity contribution in [2.24, 2.45) is 0 Å². The van der Waals surface area contributed by atoms with Crippen LogP contribution in [0.5, 0.6) is 0 Å². The molecule has 8 heteroatoms. The van der Waals surface area contributed by atoms with Crippen molar-refractivity contribution in [2.45, 2.75) is 32.9 Å². The number of benzene rings is 3. The zero-order valence-corrected chi connectivity index (χ0v) is 21.3. The predicted molar refractivity (Wildman–Crippen MR) is 140 cm³/mol. The van der Waals surface area contributed by atoms with Crippen molar-refractivity contribution in [3.63, 3.8) is 0 Å². The summed E-state index contributed by atoms with van der Waals surface area (Å²) in [6.45, 7) is 3.98. The molecule has 0 unspecified atom stereocenters. The highest BCUT2D eigenvalue weighted by molar-refractivity contribution is 7.92. The quantitative estimate of drug-likeness (QED) is 0.405. The van der Waals surface area contributed by atoms with Crippen LogP contribution in [0, 0.1) is 5.82 Å². The monoisotopic (exact) mass is 497 g/mol. The number of hydrogen-bond donors (Lipinski definition) is 1. The van der Waals surface area contributed by atoms with Crippen molar-refractivity contribution in [2.75, 3.05) is 29.5 Å². The number of carbonyl (C=O) groups is 1. The molecular weight excluding hydrogens is 465 g/mol. The fraction of sp³-hybridized carbons (Fsp3) is 0.296. The van der Waals surface area contributed by atoms with E-state index < -0.39 is 15.8 Å². The Balaban J connectivity index is 2.04. The lowest BCUT2D eigenvalue weighted by atomic mass is 10.0. The Bertz CT molecular complexity index is 1250. The number of hydrogen-bond acceptors (Lipinski definition) is 4. The number of carbonyl (C=O) groups excluding carboxylic acids is 1. The lowest BCUT2D eigenvalue weighted by molar-refractivity contribution is 0.0674. The summed E-state index contributed by atoms with van der Waals surface area (Å²) in [6.07, 6.45) is 0.506. The van der Waals surface area contributed by atoms with E-state index in [4.69, 9.17) is 0 Å². The molecule has 1 atom stereocenters. The fourth-order valence-electron chi connectivity index (χ4n) is 3.95. The summed E-state index contributed by atoms with van der Waals surface area (Å²) >= 11 is 0. The molecule has 0 saturated carbocycles. The normalized spacial score (nSPS) is 12.1. The van der Waals surface area contributed by atoms with Gasteiger partial charge < -0.3 is 9.80 Å². The summed E-state index contributed by atoms with van der Waals surface area (Å²) in [5.74, 6) is -0.632. The molecule has 0 bridgehead atoms. The van der Waals surface area contributed by atoms with E-state index in [1.165, 1.54) is 24.3 Å². The molecule has 1 N–H and O–H groups in total. The minimum atomic E-state index is -3.47. The number of amides is 1. The molecule has 0 fully saturated rings. The van der Waals surface area contributed by atoms with Gasteiger partial charge in [0.15, 0.2) is 0 Å². The average Bonchev–Trinajstić information content (AvgIpc) is 2.82. The van der Waals surface area contributed by atoms with Crippen LogP contribution >= 0.6 is 0 Å². The maximum atomic E-state index is 13.6. The molecule has 0 aromatic heterocycles. The summed E-state index contributed by atoms with van der Waals surface area (Å²) in [7, 11) is 0.325. The molecule has 3 aromatic carbocycles. The first kappa shape index (κ1) is 26.2. The third kappa shape index (κ3) is 6.82. The van der Waals surface area contributed by atoms with Gasteiger partial charge in [0.2, 0.25) is 10.0 Å². The minimum absolute atomic E-state index is 0.0258. The van der Waals surface area contributed by atoms with Gasteiger partial charge >= 0.3 is 0 Å². The van der Waals surface area contributed by atoms with Gasteiger partial charge in [0, 0.05) is 37.6 Å². The SMILES string of the molecule is CCCS(=O)(=O)Nc1ccc(N(C)C)c(CN(C(=O)c2ccc(F)cc2)[C@@H](C)c2ccccc2)c1. The van der Waals surface area contributed by atoms with E-state index in [2.05, 4.69) is 4.72 Å². The third-order valence-corrected chi connectivity index (χ3v) is 7.24. The zero-order valence-electron chi connectivity index (χ0n) is 20.5. The topological polar surface area (TPSA) is 69.7 Å². The second-order valence-electron chi connectivity index (χ2n) is 8.69. The largest absolute Gasteiger partial charge is 0.377 e. The smallest absolute Gasteiger partial charge is 0.254 e. The van der Waals surface area contributed by atoms with Gasteiger partial charge in [-0.3, -0.25) is 9.52 Å². The summed E-state index contributed by atoms with van der Waals surface area (Å²) < 4.78 is 40.8. The Hall–Kier alpha value is -3.39. The van der Waals surface area contributed by atoms with E-state index in [1.54, 1.807) is 17.0 Å². The van der Waals surface area contributed by atoms with Gasteiger partial charge in [0.05, 0.1) is 11.8 Å². The van der Waals surface area contributed by atoms with Crippen molar-refractivity contribution >= 4 is 27.3 Å². The Morgan fingerprint density at radius 1 is 1.00 bits per heavy atom. The van der Waals surface area contributed by atoms with Crippen molar-refractivity contribution in [1.82, 2.24) is 4.90 Å². The number of halogens is 1. The standard InChI is InChI=1S/C27H32FN3O3S/c1-5-17-35(33,34)29-25-15-16-26(30(3)4)23(18-25)19-31(20(2)21-9-7-6-8-10-21)27(32)22-11-13-24(28)14-12-22/h6-16,18,20,29H,5,17,19H2,1-4H3/t20-/m0/s1. The van der Waals surface area contributed by atoms with Gasteiger partial charge in [0.1, 0.15) is 5.82 Å². The molecule has 0 aliphatic heterocycles. The van der Waals surface area contributed by atoms with E-state index in [9.17, 15) is 17.6 Å². The van der Waals surface area contributed by atoms with E-state index >= 15 is 0 Å². The maximum Gasteiger partial charge on any atom is 0.254 e. The van der Waals surface area contributed by atoms with Gasteiger partial charge in [-0.05, 0) is 66.9 Å². The second-order valence-corrected chi connectivity index (χ2v) is 10.5. The van der Waals surface area contributed by atoms with Crippen LogP contribution in [-0.2, 0) is 16.6 Å². The van der Waals surface area contributed by atoms with Crippen molar-refractivity contribution < 1.29 is 17.6 Å². The molecular formula is C27H32FN3O3S. The highest BCUT2D eigenvalue weighted by Gasteiger charge is 2.25. The van der Waals surface area contributed by atoms with E-state index in [-0.39, 0.29) is 24.2 Å². The zero-order chi connectivity index (χ0) is 25.6. The molecule has 1 amide bonds. The van der Waals surface area contributed by atoms with Crippen LogP contribution in [0.4, 0.5) is 15.8 Å². The highest BCUT2D eigenvalue weighted by Crippen LogP contribution is 2.30. The van der Waals surface area contributed by atoms with E-state index in [0.29, 0.717) is 17.7 Å². The number of nitrogens with zero attached hydrogens (tertiary/aromatic N) is 2. The van der Waals surface area contributed by atoms with E-state index in [1.807, 2.05) is 69.2 Å². The molecule has 6 nitrogen and oxygen atoms in total. The van der Waals surface area contributed by atoms with Gasteiger partial charge in [-0.25, -0.2) is 12.8 Å².